The summed E-state index contributed by atoms with van der Waals surface area (Å²) in [5, 5.41) is 8.30. The Bertz CT molecular complexity index is 1010. The second-order valence-corrected chi connectivity index (χ2v) is 6.23. The van der Waals surface area contributed by atoms with Gasteiger partial charge in [-0.1, -0.05) is 47.0 Å². The number of anilines is 1. The maximum atomic E-state index is 12.4. The van der Waals surface area contributed by atoms with Crippen molar-refractivity contribution < 1.29 is 4.79 Å². The molecule has 0 aliphatic carbocycles. The average Bonchev–Trinajstić information content (AvgIpc) is 3.29. The summed E-state index contributed by atoms with van der Waals surface area (Å²) in [7, 11) is 0. The molecule has 0 aliphatic rings. The summed E-state index contributed by atoms with van der Waals surface area (Å²) >= 11 is 1.14. The number of rotatable bonds is 4. The Labute approximate surface area is 148 Å². The lowest BCUT2D eigenvalue weighted by atomic mass is 10.1. The summed E-state index contributed by atoms with van der Waals surface area (Å²) in [4.78, 5) is 17.0. The summed E-state index contributed by atoms with van der Waals surface area (Å²) in [6, 6.07) is 18.0. The largest absolute Gasteiger partial charge is 0.303 e. The van der Waals surface area contributed by atoms with E-state index < -0.39 is 0 Å². The van der Waals surface area contributed by atoms with Gasteiger partial charge < -0.3 is 4.57 Å². The zero-order valence-electron chi connectivity index (χ0n) is 13.5. The van der Waals surface area contributed by atoms with E-state index in [0.717, 1.165) is 28.1 Å². The van der Waals surface area contributed by atoms with Crippen molar-refractivity contribution in [1.29, 1.82) is 0 Å². The molecule has 0 spiro atoms. The van der Waals surface area contributed by atoms with Gasteiger partial charge in [0, 0.05) is 5.38 Å². The number of hydrogen-bond acceptors (Lipinski definition) is 5. The molecule has 124 valence electrons. The molecule has 1 amide bonds. The topological polar surface area (TPSA) is 72.7 Å². The fraction of sp³-hybridized carbons (Fsp3) is 0.111. The van der Waals surface area contributed by atoms with Crippen molar-refractivity contribution in [3.63, 3.8) is 0 Å². The van der Waals surface area contributed by atoms with E-state index >= 15 is 0 Å². The van der Waals surface area contributed by atoms with Gasteiger partial charge in [-0.05, 0) is 36.2 Å². The van der Waals surface area contributed by atoms with Gasteiger partial charge in [0.1, 0.15) is 0 Å². The summed E-state index contributed by atoms with van der Waals surface area (Å²) in [5.74, 6) is 0.182. The number of hydrogen-bond donors (Lipinski definition) is 1. The molecule has 1 N–H and O–H groups in total. The Morgan fingerprint density at radius 1 is 1.12 bits per heavy atom. The number of nitrogens with zero attached hydrogens (tertiary/aromatic N) is 4. The van der Waals surface area contributed by atoms with Crippen LogP contribution in [0.2, 0.25) is 0 Å². The molecule has 4 aromatic rings. The van der Waals surface area contributed by atoms with Gasteiger partial charge in [-0.2, -0.15) is 0 Å². The third-order valence-corrected chi connectivity index (χ3v) is 4.59. The minimum Gasteiger partial charge on any atom is -0.303 e. The molecule has 0 radical (unpaired) electrons. The zero-order valence-corrected chi connectivity index (χ0v) is 14.3. The molecule has 0 bridgehead atoms. The molecular formula is C18H15N5OS. The maximum absolute atomic E-state index is 12.4. The summed E-state index contributed by atoms with van der Waals surface area (Å²) in [6.07, 6.45) is 0. The summed E-state index contributed by atoms with van der Waals surface area (Å²) in [5.41, 5.74) is 3.22. The first-order valence-electron chi connectivity index (χ1n) is 7.84. The van der Waals surface area contributed by atoms with Gasteiger partial charge in [-0.15, -0.1) is 5.10 Å². The van der Waals surface area contributed by atoms with E-state index in [-0.39, 0.29) is 17.6 Å². The number of aromatic nitrogens is 4. The molecule has 0 saturated heterocycles. The highest BCUT2D eigenvalue weighted by molar-refractivity contribution is 7.03. The number of carbonyl (C=O) groups is 1. The average molecular weight is 349 g/mol. The second-order valence-electron chi connectivity index (χ2n) is 5.63. The molecule has 1 atom stereocenters. The van der Waals surface area contributed by atoms with Crippen LogP contribution in [0.5, 0.6) is 0 Å². The molecule has 4 rings (SSSR count). The lowest BCUT2D eigenvalue weighted by molar-refractivity contribution is 0.102. The van der Waals surface area contributed by atoms with E-state index in [4.69, 9.17) is 0 Å². The molecule has 2 heterocycles. The van der Waals surface area contributed by atoms with Crippen LogP contribution in [0.4, 0.5) is 5.95 Å². The molecule has 0 saturated carbocycles. The Kier molecular flexibility index (Phi) is 3.99. The van der Waals surface area contributed by atoms with Gasteiger partial charge >= 0.3 is 0 Å². The molecule has 6 nitrogen and oxygen atoms in total. The van der Waals surface area contributed by atoms with Crippen LogP contribution in [0, 0.1) is 0 Å². The minimum atomic E-state index is -0.314. The molecular weight excluding hydrogens is 334 g/mol. The van der Waals surface area contributed by atoms with Gasteiger partial charge in [0.25, 0.3) is 5.91 Å². The van der Waals surface area contributed by atoms with Crippen molar-refractivity contribution in [3.05, 3.63) is 71.2 Å². The fourth-order valence-electron chi connectivity index (χ4n) is 2.83. The van der Waals surface area contributed by atoms with E-state index in [2.05, 4.69) is 38.9 Å². The normalized spacial score (nSPS) is 12.2. The molecule has 0 aliphatic heterocycles. The predicted octanol–water partition coefficient (Wildman–Crippen LogP) is 3.75. The monoisotopic (exact) mass is 349 g/mol. The quantitative estimate of drug-likeness (QED) is 0.609. The third kappa shape index (κ3) is 2.89. The Morgan fingerprint density at radius 3 is 2.64 bits per heavy atom. The van der Waals surface area contributed by atoms with Gasteiger partial charge in [0.05, 0.1) is 17.1 Å². The molecule has 2 aromatic carbocycles. The van der Waals surface area contributed by atoms with Crippen LogP contribution in [-0.2, 0) is 0 Å². The zero-order chi connectivity index (χ0) is 17.2. The lowest BCUT2D eigenvalue weighted by Crippen LogP contribution is -2.18. The highest BCUT2D eigenvalue weighted by atomic mass is 32.1. The Balaban J connectivity index is 1.80. The number of para-hydroxylation sites is 2. The Hall–Kier alpha value is -3.06. The first-order chi connectivity index (χ1) is 12.2. The van der Waals surface area contributed by atoms with Crippen LogP contribution in [0.3, 0.4) is 0 Å². The van der Waals surface area contributed by atoms with Crippen LogP contribution in [0.1, 0.15) is 29.0 Å². The van der Waals surface area contributed by atoms with Crippen molar-refractivity contribution in [2.24, 2.45) is 0 Å². The minimum absolute atomic E-state index is 0.0115. The number of amides is 1. The van der Waals surface area contributed by atoms with Gasteiger partial charge in [0.2, 0.25) is 5.95 Å². The Morgan fingerprint density at radius 2 is 1.88 bits per heavy atom. The first-order valence-corrected chi connectivity index (χ1v) is 8.68. The van der Waals surface area contributed by atoms with Crippen molar-refractivity contribution >= 4 is 34.4 Å². The number of nitrogens with one attached hydrogen (secondary N) is 1. The number of carbonyl (C=O) groups excluding carboxylic acids is 1. The molecule has 0 fully saturated rings. The van der Waals surface area contributed by atoms with Crippen LogP contribution in [-0.4, -0.2) is 25.0 Å². The smallest absolute Gasteiger partial charge is 0.279 e. The van der Waals surface area contributed by atoms with Crippen LogP contribution in [0.25, 0.3) is 11.0 Å². The van der Waals surface area contributed by atoms with Gasteiger partial charge in [-0.3, -0.25) is 10.1 Å². The van der Waals surface area contributed by atoms with Crippen LogP contribution in [0.15, 0.2) is 60.0 Å². The van der Waals surface area contributed by atoms with E-state index in [1.54, 1.807) is 5.38 Å². The molecule has 25 heavy (non-hydrogen) atoms. The third-order valence-electron chi connectivity index (χ3n) is 4.08. The van der Waals surface area contributed by atoms with E-state index in [1.807, 2.05) is 47.0 Å². The highest BCUT2D eigenvalue weighted by Gasteiger charge is 2.20. The van der Waals surface area contributed by atoms with Crippen LogP contribution >= 0.6 is 11.5 Å². The van der Waals surface area contributed by atoms with E-state index in [1.165, 1.54) is 0 Å². The van der Waals surface area contributed by atoms with Crippen LogP contribution < -0.4 is 5.32 Å². The second kappa shape index (κ2) is 6.45. The van der Waals surface area contributed by atoms with Crippen molar-refractivity contribution in [2.75, 3.05) is 5.32 Å². The van der Waals surface area contributed by atoms with E-state index in [9.17, 15) is 4.79 Å². The fourth-order valence-corrected chi connectivity index (χ4v) is 3.27. The molecule has 0 unspecified atom stereocenters. The molecule has 7 heteroatoms. The SMILES string of the molecule is C[C@@H](c1ccccc1)n1c(NC(=O)c2csnn2)nc2ccccc21. The lowest BCUT2D eigenvalue weighted by Gasteiger charge is -2.18. The number of fused-ring (bicyclic) bond motifs is 1. The number of benzene rings is 2. The standard InChI is InChI=1S/C18H15N5OS/c1-12(13-7-3-2-4-8-13)23-16-10-6-5-9-14(16)19-18(23)20-17(24)15-11-25-22-21-15/h2-12H,1H3,(H,19,20,24)/t12-/m0/s1. The predicted molar refractivity (Wildman–Crippen MR) is 97.9 cm³/mol. The maximum Gasteiger partial charge on any atom is 0.279 e. The van der Waals surface area contributed by atoms with E-state index in [0.29, 0.717) is 5.95 Å². The summed E-state index contributed by atoms with van der Waals surface area (Å²) < 4.78 is 5.77. The highest BCUT2D eigenvalue weighted by Crippen LogP contribution is 2.28. The number of imidazole rings is 1. The van der Waals surface area contributed by atoms with Gasteiger partial charge in [0.15, 0.2) is 5.69 Å². The summed E-state index contributed by atoms with van der Waals surface area (Å²) in [6.45, 7) is 2.09. The van der Waals surface area contributed by atoms with Gasteiger partial charge in [-0.25, -0.2) is 4.98 Å². The molecule has 2 aromatic heterocycles. The van der Waals surface area contributed by atoms with Crippen molar-refractivity contribution in [1.82, 2.24) is 19.1 Å². The first kappa shape index (κ1) is 15.5. The van der Waals surface area contributed by atoms with Crippen molar-refractivity contribution in [2.45, 2.75) is 13.0 Å². The van der Waals surface area contributed by atoms with Crippen molar-refractivity contribution in [3.8, 4) is 0 Å².